The number of benzene rings is 1. The molecule has 3 nitrogen and oxygen atoms in total. The van der Waals surface area contributed by atoms with Gasteiger partial charge >= 0.3 is 0 Å². The zero-order valence-corrected chi connectivity index (χ0v) is 12.5. The molecule has 0 saturated carbocycles. The highest BCUT2D eigenvalue weighted by Gasteiger charge is 2.14. The predicted molar refractivity (Wildman–Crippen MR) is 81.7 cm³/mol. The zero-order chi connectivity index (χ0) is 13.5. The van der Waals surface area contributed by atoms with Crippen LogP contribution in [-0.4, -0.2) is 42.7 Å². The highest BCUT2D eigenvalue weighted by molar-refractivity contribution is 7.99. The van der Waals surface area contributed by atoms with E-state index in [9.17, 15) is 4.79 Å². The minimum atomic E-state index is 0.252. The van der Waals surface area contributed by atoms with Crippen molar-refractivity contribution in [1.29, 1.82) is 0 Å². The Morgan fingerprint density at radius 3 is 2.84 bits per heavy atom. The molecule has 0 aromatic heterocycles. The van der Waals surface area contributed by atoms with E-state index in [1.807, 2.05) is 29.2 Å². The van der Waals surface area contributed by atoms with E-state index >= 15 is 0 Å². The Morgan fingerprint density at radius 1 is 1.26 bits per heavy atom. The molecular formula is C14H19ClN2OS. The van der Waals surface area contributed by atoms with Gasteiger partial charge < -0.3 is 10.2 Å². The van der Waals surface area contributed by atoms with Gasteiger partial charge in [-0.25, -0.2) is 0 Å². The summed E-state index contributed by atoms with van der Waals surface area (Å²) in [6, 6.07) is 7.80. The largest absolute Gasteiger partial charge is 0.341 e. The van der Waals surface area contributed by atoms with Gasteiger partial charge in [0.25, 0.3) is 0 Å². The van der Waals surface area contributed by atoms with Gasteiger partial charge in [0, 0.05) is 30.4 Å². The molecular weight excluding hydrogens is 280 g/mol. The Morgan fingerprint density at radius 2 is 2.05 bits per heavy atom. The lowest BCUT2D eigenvalue weighted by Crippen LogP contribution is -2.35. The van der Waals surface area contributed by atoms with Gasteiger partial charge in [0.15, 0.2) is 0 Å². The van der Waals surface area contributed by atoms with Gasteiger partial charge in [0.1, 0.15) is 0 Å². The predicted octanol–water partition coefficient (Wildman–Crippen LogP) is 2.40. The first-order valence-corrected chi connectivity index (χ1v) is 8.09. The number of carbonyl (C=O) groups is 1. The molecule has 1 fully saturated rings. The van der Waals surface area contributed by atoms with Crippen LogP contribution in [0.5, 0.6) is 0 Å². The maximum Gasteiger partial charge on any atom is 0.232 e. The fourth-order valence-corrected chi connectivity index (χ4v) is 3.04. The number of nitrogens with zero attached hydrogens (tertiary/aromatic N) is 1. The van der Waals surface area contributed by atoms with Crippen molar-refractivity contribution in [1.82, 2.24) is 10.2 Å². The molecule has 0 atom stereocenters. The van der Waals surface area contributed by atoms with Crippen LogP contribution in [0.25, 0.3) is 0 Å². The van der Waals surface area contributed by atoms with E-state index in [-0.39, 0.29) is 5.91 Å². The molecule has 1 amide bonds. The molecule has 0 aliphatic carbocycles. The van der Waals surface area contributed by atoms with Crippen LogP contribution in [0.2, 0.25) is 5.02 Å². The van der Waals surface area contributed by atoms with Gasteiger partial charge in [-0.2, -0.15) is 0 Å². The molecule has 0 radical (unpaired) electrons. The van der Waals surface area contributed by atoms with Crippen molar-refractivity contribution < 1.29 is 4.79 Å². The molecule has 0 unspecified atom stereocenters. The van der Waals surface area contributed by atoms with Crippen molar-refractivity contribution >= 4 is 29.3 Å². The molecule has 19 heavy (non-hydrogen) atoms. The van der Waals surface area contributed by atoms with E-state index in [0.717, 1.165) is 43.4 Å². The normalized spacial score (nSPS) is 16.2. The monoisotopic (exact) mass is 298 g/mol. The molecule has 1 saturated heterocycles. The average molecular weight is 299 g/mol. The van der Waals surface area contributed by atoms with Crippen LogP contribution in [0, 0.1) is 0 Å². The second-order valence-corrected chi connectivity index (χ2v) is 6.03. The van der Waals surface area contributed by atoms with E-state index in [1.165, 1.54) is 5.56 Å². The summed E-state index contributed by atoms with van der Waals surface area (Å²) in [7, 11) is 0. The van der Waals surface area contributed by atoms with E-state index in [0.29, 0.717) is 5.75 Å². The maximum absolute atomic E-state index is 12.1. The summed E-state index contributed by atoms with van der Waals surface area (Å²) in [5.74, 6) is 1.67. The molecule has 0 bridgehead atoms. The Bertz CT molecular complexity index is 402. The van der Waals surface area contributed by atoms with E-state index in [4.69, 9.17) is 11.6 Å². The summed E-state index contributed by atoms with van der Waals surface area (Å²) in [6.07, 6.45) is 1.05. The first kappa shape index (κ1) is 14.7. The van der Waals surface area contributed by atoms with Crippen LogP contribution in [0.4, 0.5) is 0 Å². The highest BCUT2D eigenvalue weighted by atomic mass is 35.5. The fraction of sp³-hybridized carbons (Fsp3) is 0.500. The summed E-state index contributed by atoms with van der Waals surface area (Å²) >= 11 is 7.51. The van der Waals surface area contributed by atoms with E-state index < -0.39 is 0 Å². The standard InChI is InChI=1S/C14H19ClN2OS/c15-13-4-2-12(3-5-13)10-19-11-14(18)17-8-1-6-16-7-9-17/h2-5,16H,1,6-11H2. The molecule has 1 aromatic carbocycles. The lowest BCUT2D eigenvalue weighted by atomic mass is 10.2. The number of rotatable bonds is 4. The number of hydrogen-bond acceptors (Lipinski definition) is 3. The van der Waals surface area contributed by atoms with Crippen molar-refractivity contribution in [2.75, 3.05) is 31.9 Å². The van der Waals surface area contributed by atoms with Gasteiger partial charge in [-0.1, -0.05) is 23.7 Å². The van der Waals surface area contributed by atoms with Crippen molar-refractivity contribution in [3.05, 3.63) is 34.9 Å². The van der Waals surface area contributed by atoms with Crippen LogP contribution < -0.4 is 5.32 Å². The van der Waals surface area contributed by atoms with Crippen molar-refractivity contribution in [2.45, 2.75) is 12.2 Å². The summed E-state index contributed by atoms with van der Waals surface area (Å²) in [6.45, 7) is 3.64. The number of halogens is 1. The van der Waals surface area contributed by atoms with Gasteiger partial charge in [-0.3, -0.25) is 4.79 Å². The van der Waals surface area contributed by atoms with Gasteiger partial charge in [0.05, 0.1) is 5.75 Å². The van der Waals surface area contributed by atoms with E-state index in [2.05, 4.69) is 5.32 Å². The minimum absolute atomic E-state index is 0.252. The number of thioether (sulfide) groups is 1. The van der Waals surface area contributed by atoms with E-state index in [1.54, 1.807) is 11.8 Å². The SMILES string of the molecule is O=C(CSCc1ccc(Cl)cc1)N1CCCNCC1. The molecule has 5 heteroatoms. The molecule has 1 aliphatic rings. The second-order valence-electron chi connectivity index (χ2n) is 4.60. The van der Waals surface area contributed by atoms with Crippen LogP contribution in [0.15, 0.2) is 24.3 Å². The number of amides is 1. The zero-order valence-electron chi connectivity index (χ0n) is 10.9. The van der Waals surface area contributed by atoms with Crippen LogP contribution in [0.3, 0.4) is 0 Å². The van der Waals surface area contributed by atoms with Crippen LogP contribution >= 0.6 is 23.4 Å². The summed E-state index contributed by atoms with van der Waals surface area (Å²) < 4.78 is 0. The molecule has 2 rings (SSSR count). The molecule has 0 spiro atoms. The number of nitrogens with one attached hydrogen (secondary N) is 1. The van der Waals surface area contributed by atoms with Crippen molar-refractivity contribution in [2.24, 2.45) is 0 Å². The molecule has 1 N–H and O–H groups in total. The molecule has 1 aliphatic heterocycles. The van der Waals surface area contributed by atoms with Gasteiger partial charge in [-0.15, -0.1) is 11.8 Å². The molecule has 1 aromatic rings. The van der Waals surface area contributed by atoms with Crippen LogP contribution in [0.1, 0.15) is 12.0 Å². The second kappa shape index (κ2) is 7.78. The Labute approximate surface area is 123 Å². The van der Waals surface area contributed by atoms with Crippen molar-refractivity contribution in [3.8, 4) is 0 Å². The summed E-state index contributed by atoms with van der Waals surface area (Å²) in [4.78, 5) is 14.0. The third kappa shape index (κ3) is 5.05. The first-order valence-electron chi connectivity index (χ1n) is 6.56. The molecule has 104 valence electrons. The summed E-state index contributed by atoms with van der Waals surface area (Å²) in [5.41, 5.74) is 1.21. The minimum Gasteiger partial charge on any atom is -0.341 e. The Hall–Kier alpha value is -0.710. The lowest BCUT2D eigenvalue weighted by molar-refractivity contribution is -0.128. The summed E-state index contributed by atoms with van der Waals surface area (Å²) in [5, 5.41) is 4.06. The fourth-order valence-electron chi connectivity index (χ4n) is 2.02. The Balaban J connectivity index is 1.72. The smallest absolute Gasteiger partial charge is 0.232 e. The van der Waals surface area contributed by atoms with Gasteiger partial charge in [0.2, 0.25) is 5.91 Å². The maximum atomic E-state index is 12.1. The third-order valence-electron chi connectivity index (χ3n) is 3.10. The number of carbonyl (C=O) groups excluding carboxylic acids is 1. The average Bonchev–Trinajstić information content (AvgIpc) is 2.70. The number of hydrogen-bond donors (Lipinski definition) is 1. The van der Waals surface area contributed by atoms with Crippen molar-refractivity contribution in [3.63, 3.8) is 0 Å². The highest BCUT2D eigenvalue weighted by Crippen LogP contribution is 2.16. The van der Waals surface area contributed by atoms with Gasteiger partial charge in [-0.05, 0) is 30.7 Å². The Kier molecular flexibility index (Phi) is 6.01. The quantitative estimate of drug-likeness (QED) is 0.926. The topological polar surface area (TPSA) is 32.3 Å². The van der Waals surface area contributed by atoms with Crippen LogP contribution in [-0.2, 0) is 10.5 Å². The third-order valence-corrected chi connectivity index (χ3v) is 4.34. The molecule has 1 heterocycles. The lowest BCUT2D eigenvalue weighted by Gasteiger charge is -2.19. The first-order chi connectivity index (χ1) is 9.25.